The molecule has 0 radical (unpaired) electrons. The molecule has 1 aliphatic carbocycles. The first-order valence-electron chi connectivity index (χ1n) is 11.0. The molecule has 1 saturated carbocycles. The van der Waals surface area contributed by atoms with Gasteiger partial charge < -0.3 is 9.64 Å². The van der Waals surface area contributed by atoms with Gasteiger partial charge in [-0.25, -0.2) is 14.3 Å². The van der Waals surface area contributed by atoms with Gasteiger partial charge in [-0.05, 0) is 18.9 Å². The van der Waals surface area contributed by atoms with E-state index in [0.29, 0.717) is 22.2 Å². The standard InChI is InChI=1S/C23H15ClF7N7O2/c1-3-6-37(21(11-32)4-5-21)19(39)14-7-12(8-33-17(14)24)13-9-34-38(10-13)18-15(40-20(25)26)16(35-36(18)2)22(27,28)23(29,30)31/h1,7-10,20H,4-6H2,2H3. The van der Waals surface area contributed by atoms with E-state index in [9.17, 15) is 40.8 Å². The molecule has 0 N–H and O–H groups in total. The molecule has 17 heteroatoms. The molecule has 0 saturated heterocycles. The number of nitriles is 1. The highest BCUT2D eigenvalue weighted by Gasteiger charge is 2.62. The fraction of sp³-hybridized carbons (Fsp3) is 0.348. The normalized spacial score (nSPS) is 14.5. The lowest BCUT2D eigenvalue weighted by Gasteiger charge is -2.25. The first-order valence-corrected chi connectivity index (χ1v) is 11.4. The monoisotopic (exact) mass is 589 g/mol. The second kappa shape index (κ2) is 10.0. The summed E-state index contributed by atoms with van der Waals surface area (Å²) in [5, 5.41) is 16.2. The number of amides is 1. The fourth-order valence-electron chi connectivity index (χ4n) is 3.84. The average Bonchev–Trinajstić information content (AvgIpc) is 3.40. The third-order valence-electron chi connectivity index (χ3n) is 5.98. The highest BCUT2D eigenvalue weighted by molar-refractivity contribution is 6.32. The van der Waals surface area contributed by atoms with E-state index in [1.54, 1.807) is 0 Å². The number of nitrogens with zero attached hydrogens (tertiary/aromatic N) is 7. The van der Waals surface area contributed by atoms with Crippen LogP contribution in [0.1, 0.15) is 28.9 Å². The van der Waals surface area contributed by atoms with E-state index < -0.39 is 47.4 Å². The Bertz CT molecular complexity index is 1550. The van der Waals surface area contributed by atoms with Crippen molar-refractivity contribution in [2.75, 3.05) is 6.54 Å². The van der Waals surface area contributed by atoms with Crippen molar-refractivity contribution < 1.29 is 40.3 Å². The average molecular weight is 590 g/mol. The van der Waals surface area contributed by atoms with E-state index >= 15 is 0 Å². The Kier molecular flexibility index (Phi) is 7.19. The van der Waals surface area contributed by atoms with Crippen LogP contribution < -0.4 is 4.74 Å². The molecular weight excluding hydrogens is 575 g/mol. The summed E-state index contributed by atoms with van der Waals surface area (Å²) >= 11 is 6.13. The van der Waals surface area contributed by atoms with Gasteiger partial charge >= 0.3 is 18.7 Å². The van der Waals surface area contributed by atoms with E-state index in [0.717, 1.165) is 19.4 Å². The molecule has 210 valence electrons. The third kappa shape index (κ3) is 4.90. The first kappa shape index (κ1) is 28.7. The highest BCUT2D eigenvalue weighted by Crippen LogP contribution is 2.48. The molecule has 0 aliphatic heterocycles. The number of aryl methyl sites for hydroxylation is 1. The maximum atomic E-state index is 14.1. The zero-order valence-electron chi connectivity index (χ0n) is 20.1. The van der Waals surface area contributed by atoms with Crippen molar-refractivity contribution in [1.29, 1.82) is 5.26 Å². The van der Waals surface area contributed by atoms with Crippen LogP contribution in [0.3, 0.4) is 0 Å². The summed E-state index contributed by atoms with van der Waals surface area (Å²) in [7, 11) is 0.925. The predicted molar refractivity (Wildman–Crippen MR) is 123 cm³/mol. The molecule has 0 spiro atoms. The molecule has 0 unspecified atom stereocenters. The number of hydrogen-bond acceptors (Lipinski definition) is 6. The summed E-state index contributed by atoms with van der Waals surface area (Å²) in [5.74, 6) is -6.33. The van der Waals surface area contributed by atoms with E-state index in [2.05, 4.69) is 31.9 Å². The fourth-order valence-corrected chi connectivity index (χ4v) is 4.03. The Labute approximate surface area is 225 Å². The van der Waals surface area contributed by atoms with E-state index in [4.69, 9.17) is 18.0 Å². The minimum absolute atomic E-state index is 0.122. The predicted octanol–water partition coefficient (Wildman–Crippen LogP) is 4.71. The Morgan fingerprint density at radius 2 is 1.95 bits per heavy atom. The van der Waals surface area contributed by atoms with Gasteiger partial charge in [-0.1, -0.05) is 17.5 Å². The van der Waals surface area contributed by atoms with E-state index in [1.165, 1.54) is 17.2 Å². The summed E-state index contributed by atoms with van der Waals surface area (Å²) in [5.41, 5.74) is -3.03. The van der Waals surface area contributed by atoms with Crippen LogP contribution in [-0.4, -0.2) is 60.2 Å². The maximum Gasteiger partial charge on any atom is 0.459 e. The maximum absolute atomic E-state index is 14.1. The van der Waals surface area contributed by atoms with E-state index in [1.807, 2.05) is 0 Å². The van der Waals surface area contributed by atoms with Crippen molar-refractivity contribution in [3.8, 4) is 41.1 Å². The van der Waals surface area contributed by atoms with Crippen molar-refractivity contribution in [3.63, 3.8) is 0 Å². The smallest absolute Gasteiger partial charge is 0.428 e. The minimum Gasteiger partial charge on any atom is -0.428 e. The lowest BCUT2D eigenvalue weighted by Crippen LogP contribution is -2.41. The summed E-state index contributed by atoms with van der Waals surface area (Å²) in [6.45, 7) is -3.97. The number of carbonyl (C=O) groups excluding carboxylic acids is 1. The topological polar surface area (TPSA) is 102 Å². The molecule has 0 atom stereocenters. The van der Waals surface area contributed by atoms with E-state index in [-0.39, 0.29) is 28.4 Å². The summed E-state index contributed by atoms with van der Waals surface area (Å²) in [6.07, 6.45) is 3.36. The van der Waals surface area contributed by atoms with Crippen molar-refractivity contribution in [3.05, 3.63) is 41.1 Å². The van der Waals surface area contributed by atoms with Crippen LogP contribution in [0.5, 0.6) is 5.75 Å². The number of halogens is 8. The molecule has 9 nitrogen and oxygen atoms in total. The van der Waals surface area contributed by atoms with Crippen molar-refractivity contribution in [2.24, 2.45) is 7.05 Å². The first-order chi connectivity index (χ1) is 18.7. The number of aromatic nitrogens is 5. The van der Waals surface area contributed by atoms with Crippen LogP contribution in [0.2, 0.25) is 5.15 Å². The second-order valence-electron chi connectivity index (χ2n) is 8.55. The lowest BCUT2D eigenvalue weighted by atomic mass is 10.1. The molecule has 3 heterocycles. The summed E-state index contributed by atoms with van der Waals surface area (Å²) < 4.78 is 98.5. The molecule has 0 aromatic carbocycles. The van der Waals surface area contributed by atoms with Crippen molar-refractivity contribution in [2.45, 2.75) is 37.1 Å². The number of ether oxygens (including phenoxy) is 1. The van der Waals surface area contributed by atoms with Gasteiger partial charge in [-0.3, -0.25) is 4.79 Å². The van der Waals surface area contributed by atoms with Gasteiger partial charge in [0.05, 0.1) is 24.4 Å². The summed E-state index contributed by atoms with van der Waals surface area (Å²) in [4.78, 5) is 18.4. The van der Waals surface area contributed by atoms with Gasteiger partial charge in [0.2, 0.25) is 0 Å². The Morgan fingerprint density at radius 3 is 2.50 bits per heavy atom. The number of carbonyl (C=O) groups is 1. The number of terminal acetylenes is 1. The Hall–Kier alpha value is -4.31. The molecular formula is C23H15ClF7N7O2. The summed E-state index contributed by atoms with van der Waals surface area (Å²) in [6, 6.07) is 3.33. The van der Waals surface area contributed by atoms with Crippen LogP contribution in [-0.2, 0) is 13.0 Å². The molecule has 4 rings (SSSR count). The number of pyridine rings is 1. The van der Waals surface area contributed by atoms with Crippen LogP contribution >= 0.6 is 11.6 Å². The third-order valence-corrected chi connectivity index (χ3v) is 6.28. The zero-order chi connectivity index (χ0) is 29.6. The lowest BCUT2D eigenvalue weighted by molar-refractivity contribution is -0.291. The van der Waals surface area contributed by atoms with Crippen LogP contribution in [0.4, 0.5) is 30.7 Å². The zero-order valence-corrected chi connectivity index (χ0v) is 20.8. The van der Waals surface area contributed by atoms with Gasteiger partial charge in [0.15, 0.2) is 17.3 Å². The molecule has 1 aliphatic rings. The number of alkyl halides is 7. The minimum atomic E-state index is -6.16. The Morgan fingerprint density at radius 1 is 1.27 bits per heavy atom. The molecule has 1 fully saturated rings. The highest BCUT2D eigenvalue weighted by atomic mass is 35.5. The van der Waals surface area contributed by atoms with Crippen molar-refractivity contribution >= 4 is 17.5 Å². The molecule has 3 aromatic rings. The quantitative estimate of drug-likeness (QED) is 0.214. The van der Waals surface area contributed by atoms with Gasteiger partial charge in [-0.2, -0.15) is 46.2 Å². The van der Waals surface area contributed by atoms with Gasteiger partial charge in [0.25, 0.3) is 5.91 Å². The van der Waals surface area contributed by atoms with Gasteiger partial charge in [0.1, 0.15) is 10.7 Å². The number of rotatable bonds is 8. The van der Waals surface area contributed by atoms with Crippen LogP contribution in [0, 0.1) is 23.7 Å². The number of hydrogen-bond donors (Lipinski definition) is 0. The molecule has 40 heavy (non-hydrogen) atoms. The van der Waals surface area contributed by atoms with Crippen LogP contribution in [0.25, 0.3) is 16.9 Å². The van der Waals surface area contributed by atoms with Gasteiger partial charge in [-0.15, -0.1) is 6.42 Å². The van der Waals surface area contributed by atoms with Crippen LogP contribution in [0.15, 0.2) is 24.7 Å². The largest absolute Gasteiger partial charge is 0.459 e. The molecule has 0 bridgehead atoms. The second-order valence-corrected chi connectivity index (χ2v) is 8.91. The molecule has 1 amide bonds. The SMILES string of the molecule is C#CCN(C(=O)c1cc(-c2cnn(-c3c(OC(F)F)c(C(F)(F)C(F)(F)F)nn3C)c2)cnc1Cl)C1(C#N)CC1. The van der Waals surface area contributed by atoms with Crippen molar-refractivity contribution in [1.82, 2.24) is 29.4 Å². The molecule has 3 aromatic heterocycles. The van der Waals surface area contributed by atoms with Gasteiger partial charge in [0, 0.05) is 30.6 Å². The Balaban J connectivity index is 1.76.